The normalized spacial score (nSPS) is 23.4. The van der Waals surface area contributed by atoms with Crippen LogP contribution in [-0.4, -0.2) is 41.6 Å². The lowest BCUT2D eigenvalue weighted by Crippen LogP contribution is -2.49. The van der Waals surface area contributed by atoms with Gasteiger partial charge in [0.25, 0.3) is 5.91 Å². The lowest BCUT2D eigenvalue weighted by atomic mass is 9.94. The van der Waals surface area contributed by atoms with Crippen LogP contribution in [0.1, 0.15) is 30.1 Å². The van der Waals surface area contributed by atoms with Gasteiger partial charge < -0.3 is 15.4 Å². The number of nitrogens with two attached hydrogens (primary N) is 1. The largest absolute Gasteiger partial charge is 0.383 e. The summed E-state index contributed by atoms with van der Waals surface area (Å²) < 4.78 is 18.6. The molecule has 19 heavy (non-hydrogen) atoms. The molecular weight excluding hydrogens is 249 g/mol. The Morgan fingerprint density at radius 1 is 1.63 bits per heavy atom. The van der Waals surface area contributed by atoms with Crippen LogP contribution in [0, 0.1) is 5.82 Å². The van der Waals surface area contributed by atoms with E-state index in [9.17, 15) is 9.18 Å². The van der Waals surface area contributed by atoms with Crippen LogP contribution >= 0.6 is 0 Å². The number of hydrogen-bond donors (Lipinski definition) is 1. The fraction of sp³-hybridized carbons (Fsp3) is 0.538. The standard InChI is InChI=1S/C13H18FN3O2/c1-13(19-2)4-3-5-17(8-13)12(18)10-6-9(14)7-16-11(10)15/h6-7H,3-5,8H2,1-2H3,(H2,15,16). The van der Waals surface area contributed by atoms with Gasteiger partial charge in [0.2, 0.25) is 0 Å². The van der Waals surface area contributed by atoms with Crippen LogP contribution in [0.2, 0.25) is 0 Å². The number of hydrogen-bond acceptors (Lipinski definition) is 4. The highest BCUT2D eigenvalue weighted by Gasteiger charge is 2.34. The molecule has 1 aromatic heterocycles. The Balaban J connectivity index is 2.22. The van der Waals surface area contributed by atoms with Gasteiger partial charge in [-0.05, 0) is 25.8 Å². The van der Waals surface area contributed by atoms with Crippen LogP contribution in [0.3, 0.4) is 0 Å². The van der Waals surface area contributed by atoms with Gasteiger partial charge in [-0.1, -0.05) is 0 Å². The number of ether oxygens (including phenoxy) is 1. The van der Waals surface area contributed by atoms with E-state index in [0.29, 0.717) is 13.1 Å². The SMILES string of the molecule is COC1(C)CCCN(C(=O)c2cc(F)cnc2N)C1. The van der Waals surface area contributed by atoms with Gasteiger partial charge in [0.1, 0.15) is 11.6 Å². The number of aromatic nitrogens is 1. The third kappa shape index (κ3) is 2.84. The second kappa shape index (κ2) is 5.13. The van der Waals surface area contributed by atoms with Gasteiger partial charge in [-0.3, -0.25) is 4.79 Å². The van der Waals surface area contributed by atoms with E-state index in [1.54, 1.807) is 12.0 Å². The number of likely N-dealkylation sites (tertiary alicyclic amines) is 1. The molecule has 1 fully saturated rings. The van der Waals surface area contributed by atoms with Crippen LogP contribution in [0.4, 0.5) is 10.2 Å². The molecule has 2 heterocycles. The summed E-state index contributed by atoms with van der Waals surface area (Å²) in [5.41, 5.74) is 5.39. The highest BCUT2D eigenvalue weighted by Crippen LogP contribution is 2.25. The summed E-state index contributed by atoms with van der Waals surface area (Å²) >= 11 is 0. The Labute approximate surface area is 111 Å². The number of halogens is 1. The minimum Gasteiger partial charge on any atom is -0.383 e. The molecule has 0 bridgehead atoms. The van der Waals surface area contributed by atoms with Crippen LogP contribution < -0.4 is 5.73 Å². The van der Waals surface area contributed by atoms with Gasteiger partial charge in [0, 0.05) is 20.2 Å². The monoisotopic (exact) mass is 267 g/mol. The second-order valence-corrected chi connectivity index (χ2v) is 5.07. The van der Waals surface area contributed by atoms with Crippen molar-refractivity contribution in [3.8, 4) is 0 Å². The zero-order chi connectivity index (χ0) is 14.0. The summed E-state index contributed by atoms with van der Waals surface area (Å²) in [6.45, 7) is 3.05. The molecule has 1 saturated heterocycles. The molecule has 0 saturated carbocycles. The van der Waals surface area contributed by atoms with Crippen molar-refractivity contribution in [3.05, 3.63) is 23.6 Å². The number of carbonyl (C=O) groups excluding carboxylic acids is 1. The quantitative estimate of drug-likeness (QED) is 0.880. The molecule has 1 unspecified atom stereocenters. The highest BCUT2D eigenvalue weighted by molar-refractivity contribution is 5.98. The number of piperidine rings is 1. The highest BCUT2D eigenvalue weighted by atomic mass is 19.1. The minimum absolute atomic E-state index is 0.0519. The summed E-state index contributed by atoms with van der Waals surface area (Å²) in [6, 6.07) is 1.13. The maximum Gasteiger partial charge on any atom is 0.257 e. The number of amides is 1. The van der Waals surface area contributed by atoms with Crippen LogP contribution in [-0.2, 0) is 4.74 Å². The molecule has 0 aromatic carbocycles. The summed E-state index contributed by atoms with van der Waals surface area (Å²) in [5.74, 6) is -0.812. The van der Waals surface area contributed by atoms with Crippen molar-refractivity contribution in [2.45, 2.75) is 25.4 Å². The van der Waals surface area contributed by atoms with Gasteiger partial charge in [0.15, 0.2) is 0 Å². The van der Waals surface area contributed by atoms with E-state index in [1.165, 1.54) is 0 Å². The lowest BCUT2D eigenvalue weighted by Gasteiger charge is -2.39. The zero-order valence-electron chi connectivity index (χ0n) is 11.1. The molecule has 2 rings (SSSR count). The second-order valence-electron chi connectivity index (χ2n) is 5.07. The molecule has 6 heteroatoms. The van der Waals surface area contributed by atoms with E-state index >= 15 is 0 Å². The Bertz CT molecular complexity index is 495. The molecule has 0 radical (unpaired) electrons. The fourth-order valence-corrected chi connectivity index (χ4v) is 2.34. The summed E-state index contributed by atoms with van der Waals surface area (Å²) in [5, 5.41) is 0. The van der Waals surface area contributed by atoms with Crippen LogP contribution in [0.5, 0.6) is 0 Å². The topological polar surface area (TPSA) is 68.5 Å². The molecule has 1 aliphatic rings. The first-order valence-electron chi connectivity index (χ1n) is 6.21. The average molecular weight is 267 g/mol. The average Bonchev–Trinajstić information content (AvgIpc) is 2.41. The van der Waals surface area contributed by atoms with Crippen molar-refractivity contribution in [1.82, 2.24) is 9.88 Å². The van der Waals surface area contributed by atoms with E-state index in [0.717, 1.165) is 25.1 Å². The third-order valence-electron chi connectivity index (χ3n) is 3.55. The first-order chi connectivity index (χ1) is 8.95. The van der Waals surface area contributed by atoms with E-state index in [2.05, 4.69) is 4.98 Å². The number of nitrogens with zero attached hydrogens (tertiary/aromatic N) is 2. The fourth-order valence-electron chi connectivity index (χ4n) is 2.34. The van der Waals surface area contributed by atoms with E-state index in [1.807, 2.05) is 6.92 Å². The molecule has 1 aromatic rings. The van der Waals surface area contributed by atoms with Crippen molar-refractivity contribution >= 4 is 11.7 Å². The molecule has 1 aliphatic heterocycles. The van der Waals surface area contributed by atoms with Crippen LogP contribution in [0.15, 0.2) is 12.3 Å². The van der Waals surface area contributed by atoms with Crippen molar-refractivity contribution in [2.75, 3.05) is 25.9 Å². The first-order valence-corrected chi connectivity index (χ1v) is 6.21. The molecule has 1 amide bonds. The first kappa shape index (κ1) is 13.7. The Morgan fingerprint density at radius 2 is 2.37 bits per heavy atom. The Morgan fingerprint density at radius 3 is 3.05 bits per heavy atom. The number of carbonyl (C=O) groups is 1. The smallest absolute Gasteiger partial charge is 0.257 e. The maximum atomic E-state index is 13.2. The Hall–Kier alpha value is -1.69. The van der Waals surface area contributed by atoms with Gasteiger partial charge in [-0.25, -0.2) is 9.37 Å². The molecular formula is C13H18FN3O2. The lowest BCUT2D eigenvalue weighted by molar-refractivity contribution is -0.0440. The van der Waals surface area contributed by atoms with E-state index in [-0.39, 0.29) is 22.9 Å². The number of anilines is 1. The number of methoxy groups -OCH3 is 1. The van der Waals surface area contributed by atoms with Crippen molar-refractivity contribution < 1.29 is 13.9 Å². The molecule has 2 N–H and O–H groups in total. The summed E-state index contributed by atoms with van der Waals surface area (Å²) in [6.07, 6.45) is 2.74. The van der Waals surface area contributed by atoms with Crippen molar-refractivity contribution in [1.29, 1.82) is 0 Å². The van der Waals surface area contributed by atoms with Gasteiger partial charge in [0.05, 0.1) is 17.4 Å². The predicted octanol–water partition coefficient (Wildman–Crippen LogP) is 1.44. The molecule has 1 atom stereocenters. The number of nitrogen functional groups attached to an aromatic ring is 1. The van der Waals surface area contributed by atoms with Crippen molar-refractivity contribution in [2.24, 2.45) is 0 Å². The van der Waals surface area contributed by atoms with E-state index < -0.39 is 5.82 Å². The Kier molecular flexibility index (Phi) is 3.71. The van der Waals surface area contributed by atoms with Gasteiger partial charge in [-0.2, -0.15) is 0 Å². The summed E-state index contributed by atoms with van der Waals surface area (Å²) in [4.78, 5) is 17.7. The molecule has 0 aliphatic carbocycles. The summed E-state index contributed by atoms with van der Waals surface area (Å²) in [7, 11) is 1.63. The van der Waals surface area contributed by atoms with Gasteiger partial charge >= 0.3 is 0 Å². The molecule has 0 spiro atoms. The predicted molar refractivity (Wildman–Crippen MR) is 69.2 cm³/mol. The minimum atomic E-state index is -0.566. The van der Waals surface area contributed by atoms with Gasteiger partial charge in [-0.15, -0.1) is 0 Å². The number of pyridine rings is 1. The molecule has 104 valence electrons. The zero-order valence-corrected chi connectivity index (χ0v) is 11.1. The number of rotatable bonds is 2. The molecule has 5 nitrogen and oxygen atoms in total. The maximum absolute atomic E-state index is 13.2. The third-order valence-corrected chi connectivity index (χ3v) is 3.55. The van der Waals surface area contributed by atoms with E-state index in [4.69, 9.17) is 10.5 Å². The van der Waals surface area contributed by atoms with Crippen molar-refractivity contribution in [3.63, 3.8) is 0 Å². The van der Waals surface area contributed by atoms with Crippen LogP contribution in [0.25, 0.3) is 0 Å².